The molecule has 0 aliphatic heterocycles. The van der Waals surface area contributed by atoms with Gasteiger partial charge in [-0.3, -0.25) is 0 Å². The first-order valence-corrected chi connectivity index (χ1v) is 10.7. The Kier molecular flexibility index (Phi) is 4.81. The molecule has 0 atom stereocenters. The van der Waals surface area contributed by atoms with Crippen LogP contribution in [0.5, 0.6) is 0 Å². The molecule has 1 aliphatic rings. The van der Waals surface area contributed by atoms with Crippen LogP contribution in [0.2, 0.25) is 0 Å². The summed E-state index contributed by atoms with van der Waals surface area (Å²) in [7, 11) is 1.41. The number of aromatic nitrogens is 3. The van der Waals surface area contributed by atoms with Crippen molar-refractivity contribution in [2.45, 2.75) is 39.2 Å². The van der Waals surface area contributed by atoms with Crippen molar-refractivity contribution in [3.05, 3.63) is 82.8 Å². The van der Waals surface area contributed by atoms with Gasteiger partial charge in [-0.1, -0.05) is 42.5 Å². The van der Waals surface area contributed by atoms with E-state index in [1.54, 1.807) is 6.07 Å². The van der Waals surface area contributed by atoms with Crippen LogP contribution in [-0.2, 0) is 11.3 Å². The highest BCUT2D eigenvalue weighted by atomic mass is 16.5. The van der Waals surface area contributed by atoms with Crippen LogP contribution in [0, 0.1) is 13.8 Å². The van der Waals surface area contributed by atoms with Crippen LogP contribution >= 0.6 is 0 Å². The Bertz CT molecular complexity index is 1280. The Balaban J connectivity index is 1.51. The molecule has 0 radical (unpaired) electrons. The van der Waals surface area contributed by atoms with E-state index in [1.165, 1.54) is 31.1 Å². The molecule has 4 aromatic rings. The number of methoxy groups -OCH3 is 1. The van der Waals surface area contributed by atoms with Gasteiger partial charge >= 0.3 is 5.97 Å². The number of hydrogen-bond acceptors (Lipinski definition) is 4. The first-order chi connectivity index (χ1) is 15.0. The standard InChI is InChI=1S/C26H25N3O2/c1-16-14-17(2)27-25-23(16)28-24(20-12-13-20)29(25)15-18-8-10-19(11-9-18)21-6-4-5-7-22(21)26(30)31-3/h4-11,14,20H,12-13,15H2,1-3H3. The maximum absolute atomic E-state index is 12.1. The highest BCUT2D eigenvalue weighted by Crippen LogP contribution is 2.41. The van der Waals surface area contributed by atoms with E-state index in [0.29, 0.717) is 11.5 Å². The third-order valence-electron chi connectivity index (χ3n) is 5.93. The number of aryl methyl sites for hydroxylation is 2. The predicted octanol–water partition coefficient (Wildman–Crippen LogP) is 5.43. The van der Waals surface area contributed by atoms with E-state index in [1.807, 2.05) is 25.1 Å². The largest absolute Gasteiger partial charge is 0.465 e. The van der Waals surface area contributed by atoms with Crippen LogP contribution in [0.25, 0.3) is 22.3 Å². The maximum Gasteiger partial charge on any atom is 0.338 e. The zero-order valence-electron chi connectivity index (χ0n) is 18.1. The van der Waals surface area contributed by atoms with Crippen molar-refractivity contribution < 1.29 is 9.53 Å². The lowest BCUT2D eigenvalue weighted by Gasteiger charge is -2.11. The molecule has 5 nitrogen and oxygen atoms in total. The summed E-state index contributed by atoms with van der Waals surface area (Å²) in [5, 5.41) is 0. The first-order valence-electron chi connectivity index (χ1n) is 10.7. The SMILES string of the molecule is COC(=O)c1ccccc1-c1ccc(Cn2c(C3CC3)nc3c(C)cc(C)nc32)cc1. The number of benzene rings is 2. The number of fused-ring (bicyclic) bond motifs is 1. The van der Waals surface area contributed by atoms with Crippen molar-refractivity contribution in [1.82, 2.24) is 14.5 Å². The summed E-state index contributed by atoms with van der Waals surface area (Å²) < 4.78 is 7.22. The van der Waals surface area contributed by atoms with Gasteiger partial charge in [0.25, 0.3) is 0 Å². The smallest absolute Gasteiger partial charge is 0.338 e. The van der Waals surface area contributed by atoms with Gasteiger partial charge in [0.2, 0.25) is 0 Å². The average molecular weight is 412 g/mol. The number of nitrogens with zero attached hydrogens (tertiary/aromatic N) is 3. The van der Waals surface area contributed by atoms with E-state index in [9.17, 15) is 4.79 Å². The summed E-state index contributed by atoms with van der Waals surface area (Å²) in [5.41, 5.74) is 7.80. The van der Waals surface area contributed by atoms with Crippen molar-refractivity contribution in [3.63, 3.8) is 0 Å². The molecule has 0 unspecified atom stereocenters. The lowest BCUT2D eigenvalue weighted by molar-refractivity contribution is 0.0601. The van der Waals surface area contributed by atoms with Gasteiger partial charge in [-0.2, -0.15) is 0 Å². The Hall–Kier alpha value is -3.47. The summed E-state index contributed by atoms with van der Waals surface area (Å²) in [6, 6.07) is 18.0. The molecule has 0 spiro atoms. The number of esters is 1. The lowest BCUT2D eigenvalue weighted by Crippen LogP contribution is -2.06. The molecule has 1 fully saturated rings. The van der Waals surface area contributed by atoms with Crippen molar-refractivity contribution in [2.75, 3.05) is 7.11 Å². The molecule has 0 N–H and O–H groups in total. The van der Waals surface area contributed by atoms with Gasteiger partial charge < -0.3 is 9.30 Å². The molecule has 31 heavy (non-hydrogen) atoms. The van der Waals surface area contributed by atoms with Gasteiger partial charge in [-0.15, -0.1) is 0 Å². The summed E-state index contributed by atoms with van der Waals surface area (Å²) in [5.74, 6) is 1.37. The molecular weight excluding hydrogens is 386 g/mol. The molecule has 156 valence electrons. The van der Waals surface area contributed by atoms with Crippen molar-refractivity contribution in [1.29, 1.82) is 0 Å². The Morgan fingerprint density at radius 1 is 1.06 bits per heavy atom. The topological polar surface area (TPSA) is 57.0 Å². The monoisotopic (exact) mass is 411 g/mol. The molecule has 0 amide bonds. The molecule has 2 aromatic heterocycles. The van der Waals surface area contributed by atoms with Crippen molar-refractivity contribution in [3.8, 4) is 11.1 Å². The van der Waals surface area contributed by atoms with E-state index >= 15 is 0 Å². The fourth-order valence-corrected chi connectivity index (χ4v) is 4.22. The van der Waals surface area contributed by atoms with E-state index in [4.69, 9.17) is 14.7 Å². The molecular formula is C26H25N3O2. The average Bonchev–Trinajstić information content (AvgIpc) is 3.57. The second kappa shape index (κ2) is 7.65. The van der Waals surface area contributed by atoms with Crippen molar-refractivity contribution in [2.24, 2.45) is 0 Å². The third kappa shape index (κ3) is 3.61. The highest BCUT2D eigenvalue weighted by Gasteiger charge is 2.30. The number of imidazole rings is 1. The van der Waals surface area contributed by atoms with Crippen LogP contribution < -0.4 is 0 Å². The van der Waals surface area contributed by atoms with Gasteiger partial charge in [0.05, 0.1) is 19.2 Å². The zero-order chi connectivity index (χ0) is 21.5. The third-order valence-corrected chi connectivity index (χ3v) is 5.93. The summed E-state index contributed by atoms with van der Waals surface area (Å²) >= 11 is 0. The molecule has 2 heterocycles. The van der Waals surface area contributed by atoms with Gasteiger partial charge in [-0.05, 0) is 61.1 Å². The van der Waals surface area contributed by atoms with Gasteiger partial charge in [0, 0.05) is 11.6 Å². The maximum atomic E-state index is 12.1. The summed E-state index contributed by atoms with van der Waals surface area (Å²) in [6.45, 7) is 4.88. The molecule has 1 aliphatic carbocycles. The normalized spacial score (nSPS) is 13.5. The van der Waals surface area contributed by atoms with E-state index in [-0.39, 0.29) is 5.97 Å². The Morgan fingerprint density at radius 2 is 1.81 bits per heavy atom. The Morgan fingerprint density at radius 3 is 2.52 bits per heavy atom. The molecule has 2 aromatic carbocycles. The zero-order valence-corrected chi connectivity index (χ0v) is 18.1. The summed E-state index contributed by atoms with van der Waals surface area (Å²) in [6.07, 6.45) is 2.40. The number of hydrogen-bond donors (Lipinski definition) is 0. The molecule has 5 rings (SSSR count). The van der Waals surface area contributed by atoms with Crippen LogP contribution in [0.15, 0.2) is 54.6 Å². The van der Waals surface area contributed by atoms with Crippen molar-refractivity contribution >= 4 is 17.1 Å². The fraction of sp³-hybridized carbons (Fsp3) is 0.269. The van der Waals surface area contributed by atoms with Gasteiger partial charge in [0.1, 0.15) is 11.3 Å². The number of carbonyl (C=O) groups is 1. The predicted molar refractivity (Wildman–Crippen MR) is 121 cm³/mol. The minimum Gasteiger partial charge on any atom is -0.465 e. The second-order valence-corrected chi connectivity index (χ2v) is 8.32. The van der Waals surface area contributed by atoms with E-state index < -0.39 is 0 Å². The number of ether oxygens (including phenoxy) is 1. The van der Waals surface area contributed by atoms with Gasteiger partial charge in [-0.25, -0.2) is 14.8 Å². The summed E-state index contributed by atoms with van der Waals surface area (Å²) in [4.78, 5) is 21.9. The van der Waals surface area contributed by atoms with Crippen LogP contribution in [-0.4, -0.2) is 27.6 Å². The lowest BCUT2D eigenvalue weighted by atomic mass is 9.98. The number of rotatable bonds is 5. The number of carbonyl (C=O) groups excluding carboxylic acids is 1. The minimum absolute atomic E-state index is 0.324. The first kappa shape index (κ1) is 19.5. The van der Waals surface area contributed by atoms with Crippen LogP contribution in [0.4, 0.5) is 0 Å². The van der Waals surface area contributed by atoms with E-state index in [0.717, 1.165) is 40.4 Å². The quantitative estimate of drug-likeness (QED) is 0.411. The molecule has 0 saturated heterocycles. The van der Waals surface area contributed by atoms with Crippen LogP contribution in [0.1, 0.15) is 51.8 Å². The minimum atomic E-state index is -0.324. The highest BCUT2D eigenvalue weighted by molar-refractivity contribution is 5.97. The van der Waals surface area contributed by atoms with Crippen LogP contribution in [0.3, 0.4) is 0 Å². The molecule has 1 saturated carbocycles. The van der Waals surface area contributed by atoms with E-state index in [2.05, 4.69) is 41.8 Å². The number of pyridine rings is 1. The Labute approximate surface area is 181 Å². The fourth-order valence-electron chi connectivity index (χ4n) is 4.22. The molecule has 0 bridgehead atoms. The molecule has 5 heteroatoms. The second-order valence-electron chi connectivity index (χ2n) is 8.32. The van der Waals surface area contributed by atoms with Gasteiger partial charge in [0.15, 0.2) is 5.65 Å².